The van der Waals surface area contributed by atoms with Crippen molar-refractivity contribution in [2.75, 3.05) is 23.7 Å². The molecule has 120 valence electrons. The molecule has 2 heterocycles. The highest BCUT2D eigenvalue weighted by molar-refractivity contribution is 7.92. The molecule has 0 atom stereocenters. The number of aryl methyl sites for hydroxylation is 1. The van der Waals surface area contributed by atoms with Crippen molar-refractivity contribution in [3.05, 3.63) is 24.4 Å². The number of rotatable bonds is 5. The molecule has 2 rings (SSSR count). The first kappa shape index (κ1) is 16.2. The van der Waals surface area contributed by atoms with Gasteiger partial charge in [0.25, 0.3) is 10.0 Å². The lowest BCUT2D eigenvalue weighted by Crippen LogP contribution is -2.16. The summed E-state index contributed by atoms with van der Waals surface area (Å²) in [6.45, 7) is 3.92. The molecule has 0 spiro atoms. The number of imidazole rings is 1. The Kier molecular flexibility index (Phi) is 4.36. The first-order valence-electron chi connectivity index (χ1n) is 6.76. The molecule has 0 aromatic carbocycles. The highest BCUT2D eigenvalue weighted by atomic mass is 32.2. The maximum atomic E-state index is 12.4. The highest BCUT2D eigenvalue weighted by Crippen LogP contribution is 2.18. The first-order chi connectivity index (χ1) is 10.2. The second-order valence-electron chi connectivity index (χ2n) is 5.47. The van der Waals surface area contributed by atoms with Crippen molar-refractivity contribution in [3.8, 4) is 0 Å². The monoisotopic (exact) mass is 324 g/mol. The minimum atomic E-state index is -3.76. The van der Waals surface area contributed by atoms with Crippen LogP contribution in [0.3, 0.4) is 0 Å². The van der Waals surface area contributed by atoms with Gasteiger partial charge >= 0.3 is 0 Å². The Morgan fingerprint density at radius 2 is 1.82 bits per heavy atom. The summed E-state index contributed by atoms with van der Waals surface area (Å²) < 4.78 is 28.9. The van der Waals surface area contributed by atoms with Gasteiger partial charge in [-0.2, -0.15) is 8.42 Å². The van der Waals surface area contributed by atoms with Crippen molar-refractivity contribution in [3.63, 3.8) is 0 Å². The zero-order valence-corrected chi connectivity index (χ0v) is 14.1. The average Bonchev–Trinajstić information content (AvgIpc) is 2.82. The van der Waals surface area contributed by atoms with Gasteiger partial charge in [0.15, 0.2) is 5.03 Å². The molecule has 2 aromatic heterocycles. The molecule has 8 nitrogen and oxygen atoms in total. The third-order valence-corrected chi connectivity index (χ3v) is 4.22. The molecule has 0 unspecified atom stereocenters. The molecule has 0 bridgehead atoms. The third-order valence-electron chi connectivity index (χ3n) is 2.97. The average molecular weight is 324 g/mol. The standard InChI is InChI=1S/C13H20N6O2S/c1-9(2)12-16-11(8-19(12)5)22(20,21)17-10-6-14-13(15-7-10)18(3)4/h6-9,17H,1-5H3. The van der Waals surface area contributed by atoms with E-state index in [0.717, 1.165) is 0 Å². The molecular formula is C13H20N6O2S. The van der Waals surface area contributed by atoms with E-state index in [0.29, 0.717) is 17.5 Å². The molecule has 0 aliphatic heterocycles. The van der Waals surface area contributed by atoms with Crippen LogP contribution >= 0.6 is 0 Å². The summed E-state index contributed by atoms with van der Waals surface area (Å²) in [7, 11) is 1.63. The zero-order valence-electron chi connectivity index (χ0n) is 13.3. The maximum absolute atomic E-state index is 12.4. The summed E-state index contributed by atoms with van der Waals surface area (Å²) in [5, 5.41) is -0.0182. The van der Waals surface area contributed by atoms with Crippen LogP contribution in [0, 0.1) is 0 Å². The van der Waals surface area contributed by atoms with Gasteiger partial charge < -0.3 is 9.47 Å². The number of hydrogen-bond acceptors (Lipinski definition) is 6. The number of aromatic nitrogens is 4. The molecule has 0 saturated heterocycles. The van der Waals surface area contributed by atoms with Crippen LogP contribution in [0.25, 0.3) is 0 Å². The van der Waals surface area contributed by atoms with Gasteiger partial charge in [-0.3, -0.25) is 4.72 Å². The van der Waals surface area contributed by atoms with E-state index < -0.39 is 10.0 Å². The minimum absolute atomic E-state index is 0.0182. The van der Waals surface area contributed by atoms with Crippen LogP contribution in [0.1, 0.15) is 25.6 Å². The van der Waals surface area contributed by atoms with Gasteiger partial charge in [0.1, 0.15) is 5.82 Å². The number of nitrogens with one attached hydrogen (secondary N) is 1. The highest BCUT2D eigenvalue weighted by Gasteiger charge is 2.21. The molecule has 1 N–H and O–H groups in total. The summed E-state index contributed by atoms with van der Waals surface area (Å²) in [5.74, 6) is 1.35. The van der Waals surface area contributed by atoms with E-state index in [9.17, 15) is 8.42 Å². The number of anilines is 2. The predicted octanol–water partition coefficient (Wildman–Crippen LogP) is 1.20. The van der Waals surface area contributed by atoms with Crippen molar-refractivity contribution >= 4 is 21.7 Å². The van der Waals surface area contributed by atoms with Crippen LogP contribution in [0.5, 0.6) is 0 Å². The summed E-state index contributed by atoms with van der Waals surface area (Å²) >= 11 is 0. The van der Waals surface area contributed by atoms with Gasteiger partial charge in [0, 0.05) is 33.3 Å². The van der Waals surface area contributed by atoms with E-state index in [2.05, 4.69) is 19.7 Å². The molecule has 2 aromatic rings. The van der Waals surface area contributed by atoms with Crippen LogP contribution < -0.4 is 9.62 Å². The van der Waals surface area contributed by atoms with Gasteiger partial charge in [-0.15, -0.1) is 0 Å². The van der Waals surface area contributed by atoms with E-state index in [4.69, 9.17) is 0 Å². The van der Waals surface area contributed by atoms with Gasteiger partial charge in [0.05, 0.1) is 18.1 Å². The molecule has 0 aliphatic rings. The van der Waals surface area contributed by atoms with Gasteiger partial charge in [-0.25, -0.2) is 15.0 Å². The van der Waals surface area contributed by atoms with Crippen molar-refractivity contribution < 1.29 is 8.42 Å². The van der Waals surface area contributed by atoms with Gasteiger partial charge in [0.2, 0.25) is 5.95 Å². The normalized spacial score (nSPS) is 11.7. The van der Waals surface area contributed by atoms with Crippen LogP contribution in [0.15, 0.2) is 23.6 Å². The largest absolute Gasteiger partial charge is 0.347 e. The summed E-state index contributed by atoms with van der Waals surface area (Å²) in [6.07, 6.45) is 4.34. The second kappa shape index (κ2) is 5.91. The van der Waals surface area contributed by atoms with Gasteiger partial charge in [-0.1, -0.05) is 13.8 Å². The van der Waals surface area contributed by atoms with Crippen molar-refractivity contribution in [1.82, 2.24) is 19.5 Å². The Bertz CT molecular complexity index is 749. The molecule has 0 fully saturated rings. The van der Waals surface area contributed by atoms with E-state index in [1.54, 1.807) is 30.6 Å². The topological polar surface area (TPSA) is 93.0 Å². The van der Waals surface area contributed by atoms with Crippen LogP contribution in [0.2, 0.25) is 0 Å². The van der Waals surface area contributed by atoms with Gasteiger partial charge in [-0.05, 0) is 0 Å². The fraction of sp³-hybridized carbons (Fsp3) is 0.462. The number of hydrogen-bond donors (Lipinski definition) is 1. The maximum Gasteiger partial charge on any atom is 0.281 e. The smallest absolute Gasteiger partial charge is 0.281 e. The quantitative estimate of drug-likeness (QED) is 0.888. The Hall–Kier alpha value is -2.16. The Morgan fingerprint density at radius 1 is 1.23 bits per heavy atom. The minimum Gasteiger partial charge on any atom is -0.347 e. The summed E-state index contributed by atoms with van der Waals surface area (Å²) in [4.78, 5) is 14.1. The fourth-order valence-corrected chi connectivity index (χ4v) is 2.96. The number of nitrogens with zero attached hydrogens (tertiary/aromatic N) is 5. The summed E-state index contributed by atoms with van der Waals surface area (Å²) in [6, 6.07) is 0. The lowest BCUT2D eigenvalue weighted by atomic mass is 10.2. The SMILES string of the molecule is CC(C)c1nc(S(=O)(=O)Nc2cnc(N(C)C)nc2)cn1C. The van der Waals surface area contributed by atoms with E-state index in [1.165, 1.54) is 18.6 Å². The molecule has 0 aliphatic carbocycles. The molecular weight excluding hydrogens is 304 g/mol. The second-order valence-corrected chi connectivity index (χ2v) is 7.10. The zero-order chi connectivity index (χ0) is 16.5. The van der Waals surface area contributed by atoms with Crippen molar-refractivity contribution in [2.45, 2.75) is 24.8 Å². The van der Waals surface area contributed by atoms with E-state index in [-0.39, 0.29) is 10.9 Å². The Balaban J connectivity index is 2.26. The molecule has 0 saturated carbocycles. The summed E-state index contributed by atoms with van der Waals surface area (Å²) in [5.41, 5.74) is 0.294. The van der Waals surface area contributed by atoms with Crippen molar-refractivity contribution in [1.29, 1.82) is 0 Å². The first-order valence-corrected chi connectivity index (χ1v) is 8.24. The Morgan fingerprint density at radius 3 is 2.27 bits per heavy atom. The molecule has 0 amide bonds. The van der Waals surface area contributed by atoms with Crippen molar-refractivity contribution in [2.24, 2.45) is 7.05 Å². The van der Waals surface area contributed by atoms with Crippen LogP contribution in [0.4, 0.5) is 11.6 Å². The number of sulfonamides is 1. The lowest BCUT2D eigenvalue weighted by molar-refractivity contribution is 0.597. The molecule has 9 heteroatoms. The lowest BCUT2D eigenvalue weighted by Gasteiger charge is -2.10. The fourth-order valence-electron chi connectivity index (χ4n) is 1.93. The third kappa shape index (κ3) is 3.35. The van der Waals surface area contributed by atoms with E-state index in [1.807, 2.05) is 13.8 Å². The predicted molar refractivity (Wildman–Crippen MR) is 84.5 cm³/mol. The van der Waals surface area contributed by atoms with Crippen LogP contribution in [-0.4, -0.2) is 42.0 Å². The van der Waals surface area contributed by atoms with Crippen LogP contribution in [-0.2, 0) is 17.1 Å². The Labute approximate surface area is 130 Å². The molecule has 0 radical (unpaired) electrons. The molecule has 22 heavy (non-hydrogen) atoms. The van der Waals surface area contributed by atoms with E-state index >= 15 is 0 Å².